The highest BCUT2D eigenvalue weighted by Gasteiger charge is 1.73. The van der Waals surface area contributed by atoms with E-state index in [-0.39, 0.29) is 0 Å². The van der Waals surface area contributed by atoms with Crippen LogP contribution in [0.2, 0.25) is 0 Å². The molecule has 0 fully saturated rings. The van der Waals surface area contributed by atoms with Gasteiger partial charge >= 0.3 is 0 Å². The molecule has 0 aliphatic heterocycles. The Balaban J connectivity index is 2.83. The van der Waals surface area contributed by atoms with Gasteiger partial charge in [-0.15, -0.1) is 0 Å². The van der Waals surface area contributed by atoms with Gasteiger partial charge in [-0.25, -0.2) is 0 Å². The Morgan fingerprint density at radius 2 is 2.57 bits per heavy atom. The third-order valence-electron chi connectivity index (χ3n) is 0.195. The first kappa shape index (κ1) is 6.03. The second-order valence-corrected chi connectivity index (χ2v) is 0.536. The van der Waals surface area contributed by atoms with Crippen molar-refractivity contribution >= 4 is 0 Å². The van der Waals surface area contributed by atoms with Gasteiger partial charge in [0, 0.05) is 4.91 Å². The molecule has 0 heterocycles. The van der Waals surface area contributed by atoms with Gasteiger partial charge in [0.15, 0.2) is 0 Å². The Kier molecular flexibility index (Phi) is 4.33. The van der Waals surface area contributed by atoms with Crippen LogP contribution in [0.3, 0.4) is 0 Å². The molecule has 0 unspecified atom stereocenters. The van der Waals surface area contributed by atoms with E-state index in [1.807, 2.05) is 0 Å². The van der Waals surface area contributed by atoms with Gasteiger partial charge in [-0.3, -0.25) is 0 Å². The first-order chi connectivity index (χ1) is 3.41. The van der Waals surface area contributed by atoms with Crippen LogP contribution in [0.25, 0.3) is 10.4 Å². The average molecular weight is 104 g/mol. The maximum Gasteiger partial charge on any atom is 0.232 e. The van der Waals surface area contributed by atoms with Gasteiger partial charge < -0.3 is 4.84 Å². The van der Waals surface area contributed by atoms with E-state index in [0.29, 0.717) is 0 Å². The van der Waals surface area contributed by atoms with Crippen LogP contribution >= 0.6 is 0 Å². The van der Waals surface area contributed by atoms with Crippen molar-refractivity contribution in [2.75, 3.05) is 6.79 Å². The van der Waals surface area contributed by atoms with Crippen molar-refractivity contribution in [2.24, 2.45) is 5.28 Å². The smallest absolute Gasteiger partial charge is 0.232 e. The summed E-state index contributed by atoms with van der Waals surface area (Å²) in [5, 5.41) is 11.5. The van der Waals surface area contributed by atoms with Crippen LogP contribution in [0.15, 0.2) is 5.28 Å². The SMILES string of the molecule is [N-]=[N+]=NOCO[O]. The number of rotatable bonds is 3. The van der Waals surface area contributed by atoms with Crippen molar-refractivity contribution in [3.63, 3.8) is 0 Å². The third kappa shape index (κ3) is 5.03. The van der Waals surface area contributed by atoms with Crippen molar-refractivity contribution in [1.29, 1.82) is 0 Å². The van der Waals surface area contributed by atoms with Crippen LogP contribution in [0.4, 0.5) is 0 Å². The highest BCUT2D eigenvalue weighted by Crippen LogP contribution is 1.73. The molecule has 0 aromatic heterocycles. The summed E-state index contributed by atoms with van der Waals surface area (Å²) in [6, 6.07) is 0. The zero-order valence-corrected chi connectivity index (χ0v) is 3.27. The molecular formula is CH2N3O3. The molecule has 0 aromatic carbocycles. The maximum atomic E-state index is 9.00. The second-order valence-electron chi connectivity index (χ2n) is 0.536. The molecule has 7 heavy (non-hydrogen) atoms. The molecule has 0 atom stereocenters. The largest absolute Gasteiger partial charge is 0.402 e. The molecule has 6 nitrogen and oxygen atoms in total. The monoisotopic (exact) mass is 104 g/mol. The minimum absolute atomic E-state index is 0.552. The highest BCUT2D eigenvalue weighted by molar-refractivity contribution is 4.27. The lowest BCUT2D eigenvalue weighted by atomic mass is 11.5. The topological polar surface area (TPSA) is 87.1 Å². The van der Waals surface area contributed by atoms with Crippen molar-refractivity contribution in [2.45, 2.75) is 0 Å². The number of azide groups is 1. The molecule has 6 heteroatoms. The van der Waals surface area contributed by atoms with Crippen LogP contribution in [0.1, 0.15) is 0 Å². The van der Waals surface area contributed by atoms with Crippen molar-refractivity contribution < 1.29 is 15.0 Å². The molecule has 0 bridgehead atoms. The van der Waals surface area contributed by atoms with E-state index in [0.717, 1.165) is 0 Å². The average Bonchev–Trinajstić information content (AvgIpc) is 1.69. The van der Waals surface area contributed by atoms with Crippen molar-refractivity contribution in [3.05, 3.63) is 10.4 Å². The first-order valence-electron chi connectivity index (χ1n) is 1.33. The van der Waals surface area contributed by atoms with E-state index in [9.17, 15) is 0 Å². The standard InChI is InChI=1S/CH2N3O3/c2-3-4-6-1-7-5/h1H2. The minimum Gasteiger partial charge on any atom is -0.402 e. The predicted molar refractivity (Wildman–Crippen MR) is 16.9 cm³/mol. The Morgan fingerprint density at radius 3 is 3.00 bits per heavy atom. The van der Waals surface area contributed by atoms with E-state index < -0.39 is 6.79 Å². The molecule has 0 saturated carbocycles. The Hall–Kier alpha value is -0.970. The normalized spacial score (nSPS) is 7.00. The van der Waals surface area contributed by atoms with Crippen LogP contribution in [-0.2, 0) is 15.0 Å². The summed E-state index contributed by atoms with van der Waals surface area (Å²) in [7, 11) is 0. The molecule has 0 aromatic rings. The van der Waals surface area contributed by atoms with Crippen LogP contribution in [0.5, 0.6) is 0 Å². The van der Waals surface area contributed by atoms with E-state index in [1.54, 1.807) is 0 Å². The minimum atomic E-state index is -0.552. The third-order valence-corrected chi connectivity index (χ3v) is 0.195. The summed E-state index contributed by atoms with van der Waals surface area (Å²) in [5.74, 6) is 0. The van der Waals surface area contributed by atoms with Gasteiger partial charge in [-0.1, -0.05) is 0 Å². The summed E-state index contributed by atoms with van der Waals surface area (Å²) < 4.78 is 0. The fourth-order valence-corrected chi connectivity index (χ4v) is 0.0709. The van der Waals surface area contributed by atoms with Crippen molar-refractivity contribution in [3.8, 4) is 0 Å². The molecule has 0 aliphatic carbocycles. The molecule has 0 N–H and O–H groups in total. The molecule has 0 saturated heterocycles. The summed E-state index contributed by atoms with van der Waals surface area (Å²) in [6.07, 6.45) is 0. The molecule has 0 aliphatic rings. The summed E-state index contributed by atoms with van der Waals surface area (Å²) >= 11 is 0. The van der Waals surface area contributed by atoms with E-state index in [1.165, 1.54) is 0 Å². The van der Waals surface area contributed by atoms with Gasteiger partial charge in [0.25, 0.3) is 0 Å². The molecule has 0 rings (SSSR count). The first-order valence-corrected chi connectivity index (χ1v) is 1.33. The maximum absolute atomic E-state index is 9.00. The fourth-order valence-electron chi connectivity index (χ4n) is 0.0709. The lowest BCUT2D eigenvalue weighted by Crippen LogP contribution is -1.85. The molecular weight excluding hydrogens is 102 g/mol. The molecule has 1 radical (unpaired) electrons. The van der Waals surface area contributed by atoms with Gasteiger partial charge in [0.1, 0.15) is 5.28 Å². The quantitative estimate of drug-likeness (QED) is 0.0994. The van der Waals surface area contributed by atoms with E-state index in [4.69, 9.17) is 10.8 Å². The predicted octanol–water partition coefficient (Wildman–Crippen LogP) is 0.548. The Labute approximate surface area is 38.8 Å². The van der Waals surface area contributed by atoms with E-state index in [2.05, 4.69) is 19.9 Å². The molecule has 0 amide bonds. The van der Waals surface area contributed by atoms with Gasteiger partial charge in [-0.05, 0) is 10.8 Å². The fraction of sp³-hybridized carbons (Fsp3) is 1.00. The van der Waals surface area contributed by atoms with Gasteiger partial charge in [-0.2, -0.15) is 4.89 Å². The summed E-state index contributed by atoms with van der Waals surface area (Å²) in [6.45, 7) is -0.552. The van der Waals surface area contributed by atoms with E-state index >= 15 is 0 Å². The zero-order valence-electron chi connectivity index (χ0n) is 3.27. The highest BCUT2D eigenvalue weighted by atomic mass is 17.1. The number of nitrogens with zero attached hydrogens (tertiary/aromatic N) is 3. The van der Waals surface area contributed by atoms with Crippen LogP contribution in [-0.4, -0.2) is 6.79 Å². The number of hydrogen-bond acceptors (Lipinski definition) is 3. The lowest BCUT2D eigenvalue weighted by Gasteiger charge is -1.84. The Bertz CT molecular complexity index is 76.2. The summed E-state index contributed by atoms with van der Waals surface area (Å²) in [4.78, 5) is 9.07. The van der Waals surface area contributed by atoms with Gasteiger partial charge in [0.05, 0.1) is 0 Å². The molecule has 0 spiro atoms. The number of hydrogen-bond donors (Lipinski definition) is 0. The van der Waals surface area contributed by atoms with Crippen LogP contribution < -0.4 is 0 Å². The van der Waals surface area contributed by atoms with Crippen LogP contribution in [0, 0.1) is 0 Å². The second kappa shape index (κ2) is 5.03. The zero-order chi connectivity index (χ0) is 5.54. The van der Waals surface area contributed by atoms with Crippen molar-refractivity contribution in [1.82, 2.24) is 0 Å². The Morgan fingerprint density at radius 1 is 1.86 bits per heavy atom. The molecule has 39 valence electrons. The summed E-state index contributed by atoms with van der Waals surface area (Å²) in [5.41, 5.74) is 7.47. The lowest BCUT2D eigenvalue weighted by molar-refractivity contribution is -0.347. The van der Waals surface area contributed by atoms with Gasteiger partial charge in [0.2, 0.25) is 6.79 Å².